The summed E-state index contributed by atoms with van der Waals surface area (Å²) in [5.74, 6) is 0. The number of thiophene rings is 1. The van der Waals surface area contributed by atoms with Gasteiger partial charge in [0.25, 0.3) is 10.0 Å². The number of sulfonamides is 1. The molecule has 0 radical (unpaired) electrons. The number of aromatic nitrogens is 1. The highest BCUT2D eigenvalue weighted by atomic mass is 32.2. The zero-order chi connectivity index (χ0) is 14.6. The first-order valence-electron chi connectivity index (χ1n) is 6.26. The molecule has 0 aromatic carbocycles. The van der Waals surface area contributed by atoms with Crippen LogP contribution in [-0.2, 0) is 16.4 Å². The lowest BCUT2D eigenvalue weighted by molar-refractivity contribution is 0.603. The first-order chi connectivity index (χ1) is 9.51. The average Bonchev–Trinajstić information content (AvgIpc) is 2.99. The minimum atomic E-state index is -3.51. The number of likely N-dealkylation sites (N-methyl/N-ethyl adjacent to an activating group) is 1. The summed E-state index contributed by atoms with van der Waals surface area (Å²) in [6.07, 6.45) is 2.49. The van der Waals surface area contributed by atoms with E-state index in [0.29, 0.717) is 9.34 Å². The molecular formula is C12H17N3O2S3. The zero-order valence-electron chi connectivity index (χ0n) is 11.3. The van der Waals surface area contributed by atoms with Crippen molar-refractivity contribution in [1.82, 2.24) is 10.3 Å². The number of anilines is 1. The summed E-state index contributed by atoms with van der Waals surface area (Å²) < 4.78 is 27.2. The summed E-state index contributed by atoms with van der Waals surface area (Å²) in [6, 6.07) is 3.51. The molecule has 2 N–H and O–H groups in total. The van der Waals surface area contributed by atoms with Gasteiger partial charge in [-0.3, -0.25) is 4.72 Å². The number of rotatable bonds is 7. The first kappa shape index (κ1) is 15.4. The van der Waals surface area contributed by atoms with Gasteiger partial charge in [0, 0.05) is 16.0 Å². The molecular weight excluding hydrogens is 314 g/mol. The summed E-state index contributed by atoms with van der Waals surface area (Å²) in [7, 11) is -3.51. The summed E-state index contributed by atoms with van der Waals surface area (Å²) in [4.78, 5) is 6.05. The van der Waals surface area contributed by atoms with Crippen LogP contribution in [-0.4, -0.2) is 26.5 Å². The van der Waals surface area contributed by atoms with E-state index in [1.54, 1.807) is 12.3 Å². The van der Waals surface area contributed by atoms with Crippen molar-refractivity contribution in [3.05, 3.63) is 28.1 Å². The van der Waals surface area contributed by atoms with Crippen molar-refractivity contribution >= 4 is 37.8 Å². The molecule has 0 saturated heterocycles. The second-order valence-electron chi connectivity index (χ2n) is 4.21. The van der Waals surface area contributed by atoms with E-state index in [1.165, 1.54) is 22.7 Å². The smallest absolute Gasteiger partial charge is 0.273 e. The normalized spacial score (nSPS) is 11.7. The predicted molar refractivity (Wildman–Crippen MR) is 84.2 cm³/mol. The summed E-state index contributed by atoms with van der Waals surface area (Å²) in [5.41, 5.74) is 0. The molecule has 0 atom stereocenters. The fourth-order valence-electron chi connectivity index (χ4n) is 1.59. The van der Waals surface area contributed by atoms with Crippen LogP contribution in [0, 0.1) is 6.92 Å². The molecule has 0 amide bonds. The molecule has 0 unspecified atom stereocenters. The SMILES string of the molecule is CCNCCc1ccc(S(=O)(=O)Nc2ncc(C)s2)s1. The molecule has 0 saturated carbocycles. The third kappa shape index (κ3) is 4.02. The monoisotopic (exact) mass is 331 g/mol. The molecule has 0 spiro atoms. The van der Waals surface area contributed by atoms with E-state index in [1.807, 2.05) is 19.9 Å². The van der Waals surface area contributed by atoms with Gasteiger partial charge in [-0.15, -0.1) is 22.7 Å². The van der Waals surface area contributed by atoms with Crippen molar-refractivity contribution < 1.29 is 8.42 Å². The van der Waals surface area contributed by atoms with Gasteiger partial charge in [0.05, 0.1) is 0 Å². The van der Waals surface area contributed by atoms with Gasteiger partial charge in [0.2, 0.25) is 0 Å². The number of aryl methyl sites for hydroxylation is 1. The lowest BCUT2D eigenvalue weighted by atomic mass is 10.3. The molecule has 0 fully saturated rings. The van der Waals surface area contributed by atoms with Crippen molar-refractivity contribution in [2.75, 3.05) is 17.8 Å². The van der Waals surface area contributed by atoms with E-state index in [0.717, 1.165) is 29.3 Å². The molecule has 2 rings (SSSR count). The Morgan fingerprint density at radius 1 is 1.30 bits per heavy atom. The topological polar surface area (TPSA) is 71.1 Å². The van der Waals surface area contributed by atoms with Crippen molar-refractivity contribution in [1.29, 1.82) is 0 Å². The van der Waals surface area contributed by atoms with E-state index in [4.69, 9.17) is 0 Å². The second-order valence-corrected chi connectivity index (χ2v) is 8.52. The summed E-state index contributed by atoms with van der Waals surface area (Å²) in [6.45, 7) is 5.71. The van der Waals surface area contributed by atoms with E-state index >= 15 is 0 Å². The fourth-order valence-corrected chi connectivity index (χ4v) is 4.85. The van der Waals surface area contributed by atoms with Crippen LogP contribution in [0.5, 0.6) is 0 Å². The quantitative estimate of drug-likeness (QED) is 0.765. The lowest BCUT2D eigenvalue weighted by Crippen LogP contribution is -2.15. The molecule has 0 bridgehead atoms. The Labute approximate surface area is 127 Å². The molecule has 0 aliphatic heterocycles. The molecule has 20 heavy (non-hydrogen) atoms. The maximum absolute atomic E-state index is 12.2. The number of hydrogen-bond acceptors (Lipinski definition) is 6. The highest BCUT2D eigenvalue weighted by Gasteiger charge is 2.18. The molecule has 2 aromatic rings. The Balaban J connectivity index is 2.06. The maximum Gasteiger partial charge on any atom is 0.273 e. The predicted octanol–water partition coefficient (Wildman–Crippen LogP) is 2.47. The third-order valence-electron chi connectivity index (χ3n) is 2.54. The number of nitrogens with zero attached hydrogens (tertiary/aromatic N) is 1. The van der Waals surface area contributed by atoms with Crippen LogP contribution in [0.1, 0.15) is 16.7 Å². The number of thiazole rings is 1. The van der Waals surface area contributed by atoms with Gasteiger partial charge in [-0.05, 0) is 38.6 Å². The molecule has 5 nitrogen and oxygen atoms in total. The Hall–Kier alpha value is -0.960. The number of hydrogen-bond donors (Lipinski definition) is 2. The van der Waals surface area contributed by atoms with Crippen molar-refractivity contribution in [2.45, 2.75) is 24.5 Å². The van der Waals surface area contributed by atoms with E-state index in [9.17, 15) is 8.42 Å². The molecule has 110 valence electrons. The van der Waals surface area contributed by atoms with Crippen molar-refractivity contribution in [3.63, 3.8) is 0 Å². The maximum atomic E-state index is 12.2. The highest BCUT2D eigenvalue weighted by molar-refractivity contribution is 7.94. The van der Waals surface area contributed by atoms with Crippen molar-refractivity contribution in [2.24, 2.45) is 0 Å². The average molecular weight is 331 g/mol. The van der Waals surface area contributed by atoms with Gasteiger partial charge in [0.1, 0.15) is 4.21 Å². The van der Waals surface area contributed by atoms with E-state index in [-0.39, 0.29) is 0 Å². The van der Waals surface area contributed by atoms with E-state index in [2.05, 4.69) is 15.0 Å². The Bertz CT molecular complexity index is 661. The van der Waals surface area contributed by atoms with E-state index < -0.39 is 10.0 Å². The fraction of sp³-hybridized carbons (Fsp3) is 0.417. The van der Waals surface area contributed by atoms with Crippen LogP contribution < -0.4 is 10.0 Å². The van der Waals surface area contributed by atoms with Gasteiger partial charge in [-0.2, -0.15) is 0 Å². The van der Waals surface area contributed by atoms with Crippen LogP contribution in [0.25, 0.3) is 0 Å². The van der Waals surface area contributed by atoms with Gasteiger partial charge in [-0.25, -0.2) is 13.4 Å². The lowest BCUT2D eigenvalue weighted by Gasteiger charge is -2.02. The van der Waals surface area contributed by atoms with Crippen LogP contribution in [0.3, 0.4) is 0 Å². The van der Waals surface area contributed by atoms with Crippen molar-refractivity contribution in [3.8, 4) is 0 Å². The Morgan fingerprint density at radius 2 is 2.10 bits per heavy atom. The molecule has 2 aromatic heterocycles. The van der Waals surface area contributed by atoms with Gasteiger partial charge < -0.3 is 5.32 Å². The molecule has 2 heterocycles. The second kappa shape index (κ2) is 6.66. The largest absolute Gasteiger partial charge is 0.317 e. The van der Waals surface area contributed by atoms with Gasteiger partial charge >= 0.3 is 0 Å². The van der Waals surface area contributed by atoms with Gasteiger partial charge in [-0.1, -0.05) is 6.92 Å². The molecule has 0 aliphatic carbocycles. The summed E-state index contributed by atoms with van der Waals surface area (Å²) >= 11 is 2.63. The minimum absolute atomic E-state index is 0.330. The van der Waals surface area contributed by atoms with Gasteiger partial charge in [0.15, 0.2) is 5.13 Å². The third-order valence-corrected chi connectivity index (χ3v) is 6.48. The molecule has 0 aliphatic rings. The first-order valence-corrected chi connectivity index (χ1v) is 9.37. The number of nitrogens with one attached hydrogen (secondary N) is 2. The standard InChI is InChI=1S/C12H17N3O2S3/c1-3-13-7-6-10-4-5-11(19-10)20(16,17)15-12-14-8-9(2)18-12/h4-5,8,13H,3,6-7H2,1-2H3,(H,14,15). The summed E-state index contributed by atoms with van der Waals surface area (Å²) in [5, 5.41) is 3.63. The highest BCUT2D eigenvalue weighted by Crippen LogP contribution is 2.26. The Morgan fingerprint density at radius 3 is 2.75 bits per heavy atom. The van der Waals surface area contributed by atoms with Crippen LogP contribution >= 0.6 is 22.7 Å². The molecule has 8 heteroatoms. The Kier molecular flexibility index (Phi) is 5.14. The van der Waals surface area contributed by atoms with Crippen LogP contribution in [0.15, 0.2) is 22.5 Å². The van der Waals surface area contributed by atoms with Crippen LogP contribution in [0.4, 0.5) is 5.13 Å². The van der Waals surface area contributed by atoms with Crippen LogP contribution in [0.2, 0.25) is 0 Å². The zero-order valence-corrected chi connectivity index (χ0v) is 13.8. The minimum Gasteiger partial charge on any atom is -0.317 e.